The number of nitrogens with one attached hydrogen (secondary N) is 1. The molecule has 5 heteroatoms. The van der Waals surface area contributed by atoms with Crippen molar-refractivity contribution in [2.45, 2.75) is 46.1 Å². The molecule has 1 unspecified atom stereocenters. The molecule has 2 amide bonds. The Labute approximate surface area is 154 Å². The van der Waals surface area contributed by atoms with E-state index in [2.05, 4.69) is 23.3 Å². The van der Waals surface area contributed by atoms with Crippen molar-refractivity contribution in [1.82, 2.24) is 10.3 Å². The van der Waals surface area contributed by atoms with E-state index in [1.807, 2.05) is 45.4 Å². The van der Waals surface area contributed by atoms with Crippen molar-refractivity contribution in [2.75, 3.05) is 11.9 Å². The van der Waals surface area contributed by atoms with Crippen LogP contribution in [0.1, 0.15) is 49.4 Å². The number of rotatable bonds is 4. The smallest absolute Gasteiger partial charge is 0.227 e. The number of fused-ring (bicyclic) bond motifs is 1. The summed E-state index contributed by atoms with van der Waals surface area (Å²) in [6, 6.07) is 6.12. The molecular weight excluding hydrogens is 326 g/mol. The summed E-state index contributed by atoms with van der Waals surface area (Å²) in [5.41, 5.74) is 6.45. The first-order chi connectivity index (χ1) is 12.4. The van der Waals surface area contributed by atoms with Gasteiger partial charge >= 0.3 is 0 Å². The molecule has 1 aliphatic heterocycles. The zero-order valence-corrected chi connectivity index (χ0v) is 15.8. The summed E-state index contributed by atoms with van der Waals surface area (Å²) in [6.07, 6.45) is 5.47. The molecule has 0 radical (unpaired) electrons. The normalized spacial score (nSPS) is 14.8. The number of benzene rings is 1. The summed E-state index contributed by atoms with van der Waals surface area (Å²) >= 11 is 0. The number of carbonyl (C=O) groups is 2. The summed E-state index contributed by atoms with van der Waals surface area (Å²) in [4.78, 5) is 29.7. The van der Waals surface area contributed by atoms with Gasteiger partial charge in [-0.1, -0.05) is 13.0 Å². The number of hydrogen-bond acceptors (Lipinski definition) is 3. The van der Waals surface area contributed by atoms with Crippen molar-refractivity contribution in [2.24, 2.45) is 0 Å². The highest BCUT2D eigenvalue weighted by molar-refractivity contribution is 5.96. The third kappa shape index (κ3) is 3.34. The molecule has 1 N–H and O–H groups in total. The minimum atomic E-state index is -0.0868. The average Bonchev–Trinajstić information content (AvgIpc) is 2.64. The third-order valence-electron chi connectivity index (χ3n) is 5.15. The van der Waals surface area contributed by atoms with E-state index in [-0.39, 0.29) is 17.9 Å². The molecule has 1 aromatic carbocycles. The van der Waals surface area contributed by atoms with Gasteiger partial charge in [-0.05, 0) is 54.7 Å². The Balaban J connectivity index is 1.97. The number of anilines is 1. The van der Waals surface area contributed by atoms with Crippen LogP contribution >= 0.6 is 0 Å². The molecule has 0 bridgehead atoms. The van der Waals surface area contributed by atoms with Crippen molar-refractivity contribution in [3.05, 3.63) is 47.3 Å². The van der Waals surface area contributed by atoms with E-state index in [1.54, 1.807) is 4.90 Å². The summed E-state index contributed by atoms with van der Waals surface area (Å²) in [6.45, 7) is 5.89. The lowest BCUT2D eigenvalue weighted by Crippen LogP contribution is -2.31. The molecule has 1 atom stereocenters. The molecule has 0 spiro atoms. The van der Waals surface area contributed by atoms with E-state index in [9.17, 15) is 9.59 Å². The van der Waals surface area contributed by atoms with E-state index in [1.165, 1.54) is 5.56 Å². The van der Waals surface area contributed by atoms with E-state index >= 15 is 0 Å². The number of aryl methyl sites for hydroxylation is 1. The number of hydrogen-bond donors (Lipinski definition) is 1. The lowest BCUT2D eigenvalue weighted by atomic mass is 9.92. The molecule has 2 heterocycles. The first-order valence-corrected chi connectivity index (χ1v) is 9.06. The number of carbonyl (C=O) groups excluding carboxylic acids is 2. The van der Waals surface area contributed by atoms with Crippen molar-refractivity contribution in [1.29, 1.82) is 0 Å². The quantitative estimate of drug-likeness (QED) is 0.916. The fourth-order valence-corrected chi connectivity index (χ4v) is 3.51. The second-order valence-electron chi connectivity index (χ2n) is 6.84. The zero-order chi connectivity index (χ0) is 18.8. The van der Waals surface area contributed by atoms with Gasteiger partial charge in [0.15, 0.2) is 0 Å². The van der Waals surface area contributed by atoms with E-state index in [0.717, 1.165) is 34.4 Å². The lowest BCUT2D eigenvalue weighted by molar-refractivity contribution is -0.121. The van der Waals surface area contributed by atoms with Crippen molar-refractivity contribution in [3.63, 3.8) is 0 Å². The van der Waals surface area contributed by atoms with Gasteiger partial charge in [0.2, 0.25) is 11.8 Å². The van der Waals surface area contributed by atoms with Gasteiger partial charge in [0.25, 0.3) is 0 Å². The molecule has 2 aromatic rings. The van der Waals surface area contributed by atoms with E-state index in [4.69, 9.17) is 0 Å². The van der Waals surface area contributed by atoms with Gasteiger partial charge in [-0.25, -0.2) is 0 Å². The van der Waals surface area contributed by atoms with Gasteiger partial charge in [-0.2, -0.15) is 0 Å². The molecule has 26 heavy (non-hydrogen) atoms. The second kappa shape index (κ2) is 7.28. The van der Waals surface area contributed by atoms with Gasteiger partial charge in [0, 0.05) is 43.5 Å². The Bertz CT molecular complexity index is 860. The third-order valence-corrected chi connectivity index (χ3v) is 5.15. The van der Waals surface area contributed by atoms with E-state index in [0.29, 0.717) is 12.8 Å². The molecular formula is C21H25N3O2. The van der Waals surface area contributed by atoms with Crippen LogP contribution in [0.25, 0.3) is 11.1 Å². The fourth-order valence-electron chi connectivity index (χ4n) is 3.51. The Morgan fingerprint density at radius 2 is 2.08 bits per heavy atom. The molecule has 1 aliphatic rings. The molecule has 0 fully saturated rings. The predicted molar refractivity (Wildman–Crippen MR) is 103 cm³/mol. The Morgan fingerprint density at radius 3 is 2.81 bits per heavy atom. The number of pyridine rings is 1. The number of aromatic nitrogens is 1. The largest absolute Gasteiger partial charge is 0.350 e. The predicted octanol–water partition coefficient (Wildman–Crippen LogP) is 3.55. The molecule has 5 nitrogen and oxygen atoms in total. The van der Waals surface area contributed by atoms with Gasteiger partial charge < -0.3 is 10.2 Å². The Hall–Kier alpha value is -2.69. The fraction of sp³-hybridized carbons (Fsp3) is 0.381. The minimum absolute atomic E-state index is 0.0313. The summed E-state index contributed by atoms with van der Waals surface area (Å²) in [7, 11) is 1.82. The van der Waals surface area contributed by atoms with Crippen molar-refractivity contribution in [3.8, 4) is 11.1 Å². The molecule has 0 aliphatic carbocycles. The lowest BCUT2D eigenvalue weighted by Gasteiger charge is -2.26. The highest BCUT2D eigenvalue weighted by Crippen LogP contribution is 2.33. The minimum Gasteiger partial charge on any atom is -0.350 e. The van der Waals surface area contributed by atoms with Crippen LogP contribution in [-0.2, 0) is 16.0 Å². The zero-order valence-electron chi connectivity index (χ0n) is 15.8. The SMILES string of the molecule is CCC(=O)NC(C)c1cncc(-c2ccc3c(c2)CCC(=O)N3C)c1C. The number of nitrogens with zero attached hydrogens (tertiary/aromatic N) is 2. The van der Waals surface area contributed by atoms with Crippen molar-refractivity contribution >= 4 is 17.5 Å². The summed E-state index contributed by atoms with van der Waals surface area (Å²) < 4.78 is 0. The number of amides is 2. The van der Waals surface area contributed by atoms with Gasteiger partial charge in [-0.15, -0.1) is 0 Å². The maximum atomic E-state index is 11.9. The van der Waals surface area contributed by atoms with Gasteiger partial charge in [0.05, 0.1) is 6.04 Å². The maximum Gasteiger partial charge on any atom is 0.227 e. The second-order valence-corrected chi connectivity index (χ2v) is 6.84. The molecule has 0 saturated carbocycles. The van der Waals surface area contributed by atoms with Crippen LogP contribution in [0.15, 0.2) is 30.6 Å². The standard InChI is InChI=1S/C21H25N3O2/c1-5-20(25)23-14(3)17-11-22-12-18(13(17)2)15-6-8-19-16(10-15)7-9-21(26)24(19)4/h6,8,10-12,14H,5,7,9H2,1-4H3,(H,23,25). The average molecular weight is 351 g/mol. The topological polar surface area (TPSA) is 62.3 Å². The molecule has 0 saturated heterocycles. The van der Waals surface area contributed by atoms with Gasteiger partial charge in [-0.3, -0.25) is 14.6 Å². The monoisotopic (exact) mass is 351 g/mol. The first kappa shape index (κ1) is 18.1. The van der Waals surface area contributed by atoms with Crippen LogP contribution in [0.4, 0.5) is 5.69 Å². The van der Waals surface area contributed by atoms with Crippen molar-refractivity contribution < 1.29 is 9.59 Å². The van der Waals surface area contributed by atoms with Crippen LogP contribution in [0.5, 0.6) is 0 Å². The molecule has 1 aromatic heterocycles. The van der Waals surface area contributed by atoms with Gasteiger partial charge in [0.1, 0.15) is 0 Å². The van der Waals surface area contributed by atoms with Crippen LogP contribution in [-0.4, -0.2) is 23.8 Å². The highest BCUT2D eigenvalue weighted by atomic mass is 16.2. The van der Waals surface area contributed by atoms with Crippen LogP contribution in [0.2, 0.25) is 0 Å². The molecule has 136 valence electrons. The first-order valence-electron chi connectivity index (χ1n) is 9.06. The van der Waals surface area contributed by atoms with Crippen LogP contribution < -0.4 is 10.2 Å². The van der Waals surface area contributed by atoms with Crippen LogP contribution in [0, 0.1) is 6.92 Å². The highest BCUT2D eigenvalue weighted by Gasteiger charge is 2.22. The Kier molecular flexibility index (Phi) is 5.07. The maximum absolute atomic E-state index is 11.9. The van der Waals surface area contributed by atoms with Crippen LogP contribution in [0.3, 0.4) is 0 Å². The summed E-state index contributed by atoms with van der Waals surface area (Å²) in [5, 5.41) is 3.00. The summed E-state index contributed by atoms with van der Waals surface area (Å²) in [5.74, 6) is 0.189. The molecule has 3 rings (SSSR count). The Morgan fingerprint density at radius 1 is 1.31 bits per heavy atom. The van der Waals surface area contributed by atoms with E-state index < -0.39 is 0 Å².